The van der Waals surface area contributed by atoms with Crippen molar-refractivity contribution in [2.45, 2.75) is 122 Å². The van der Waals surface area contributed by atoms with Gasteiger partial charge < -0.3 is 52.4 Å². The van der Waals surface area contributed by atoms with Crippen molar-refractivity contribution in [3.8, 4) is 0 Å². The average Bonchev–Trinajstić information content (AvgIpc) is 4.14. The highest BCUT2D eigenvalue weighted by atomic mass is 16.9. The number of carbonyl (C=O) groups excluding carboxylic acids is 15. The van der Waals surface area contributed by atoms with Crippen molar-refractivity contribution in [2.24, 2.45) is 5.41 Å². The molecule has 0 aromatic heterocycles. The zero-order chi connectivity index (χ0) is 59.2. The van der Waals surface area contributed by atoms with Gasteiger partial charge in [-0.1, -0.05) is 4.94 Å². The lowest BCUT2D eigenvalue weighted by atomic mass is 9.92. The van der Waals surface area contributed by atoms with Gasteiger partial charge in [0.15, 0.2) is 0 Å². The number of hydrogen-bond acceptors (Lipinski definition) is 28. The van der Waals surface area contributed by atoms with Crippen molar-refractivity contribution in [2.75, 3.05) is 85.8 Å². The number of nitrogens with zero attached hydrogens (tertiary/aromatic N) is 5. The monoisotopic (exact) mass is 1160 g/mol. The molecule has 4 heterocycles. The average molecular weight is 1160 g/mol. The van der Waals surface area contributed by atoms with Gasteiger partial charge in [0, 0.05) is 96.3 Å². The van der Waals surface area contributed by atoms with E-state index in [9.17, 15) is 76.8 Å². The third-order valence-electron chi connectivity index (χ3n) is 11.4. The molecule has 0 saturated carbocycles. The summed E-state index contributed by atoms with van der Waals surface area (Å²) in [5.74, 6) is -10.9. The molecule has 8 amide bonds. The number of imide groups is 4. The molecule has 4 aliphatic rings. The van der Waals surface area contributed by atoms with Crippen LogP contribution in [0.25, 0.3) is 0 Å². The van der Waals surface area contributed by atoms with Crippen molar-refractivity contribution in [1.82, 2.24) is 20.3 Å². The van der Waals surface area contributed by atoms with Gasteiger partial charge in [-0.25, -0.2) is 14.4 Å². The highest BCUT2D eigenvalue weighted by molar-refractivity contribution is 6.03. The summed E-state index contributed by atoms with van der Waals surface area (Å²) in [5.41, 5.74) is -1.27. The van der Waals surface area contributed by atoms with Crippen LogP contribution < -0.4 is 0 Å². The summed E-state index contributed by atoms with van der Waals surface area (Å²) in [5, 5.41) is 1.51. The second-order valence-electron chi connectivity index (χ2n) is 18.1. The minimum Gasteiger partial charge on any atom is -0.463 e. The van der Waals surface area contributed by atoms with Crippen molar-refractivity contribution < 1.29 is 134 Å². The van der Waals surface area contributed by atoms with Crippen molar-refractivity contribution in [1.29, 1.82) is 0 Å². The lowest BCUT2D eigenvalue weighted by molar-refractivity contribution is -0.838. The van der Waals surface area contributed by atoms with E-state index >= 15 is 0 Å². The van der Waals surface area contributed by atoms with Crippen LogP contribution in [-0.2, 0) is 129 Å². The standard InChI is InChI=1S/C48H64N5O28/c54-33-12-13-34(55)50(33)78-45(66)8-1-5-41(62)74-25-21-70-29-48(30-71-22-26-75-42(63)6-2-9-46(67)79-51-35(56)14-15-36(51)57,31-72-23-27-76-43(64)7-3-10-47(68)80-52-37(58)16-17-38(52)59)32-73-24-28-77-44(65)11-4-20-49(69)81-53-39(60)18-19-40(53)61/h1-32H2/q+1. The molecular weight excluding hydrogens is 1090 g/mol. The van der Waals surface area contributed by atoms with Crippen LogP contribution in [0.15, 0.2) is 0 Å². The van der Waals surface area contributed by atoms with E-state index < -0.39 is 94.5 Å². The maximum atomic E-state index is 12.5. The Hall–Kier alpha value is -7.91. The molecular formula is C48H64N5O28+. The van der Waals surface area contributed by atoms with E-state index in [0.717, 1.165) is 0 Å². The number of ether oxygens (including phenoxy) is 8. The predicted octanol–water partition coefficient (Wildman–Crippen LogP) is -0.901. The lowest BCUT2D eigenvalue weighted by Gasteiger charge is -2.33. The van der Waals surface area contributed by atoms with Gasteiger partial charge in [0.25, 0.3) is 53.8 Å². The fourth-order valence-corrected chi connectivity index (χ4v) is 7.23. The van der Waals surface area contributed by atoms with E-state index in [0.29, 0.717) is 20.3 Å². The third-order valence-corrected chi connectivity index (χ3v) is 11.4. The Morgan fingerprint density at radius 3 is 0.840 bits per heavy atom. The molecule has 0 aliphatic carbocycles. The zero-order valence-electron chi connectivity index (χ0n) is 44.3. The van der Waals surface area contributed by atoms with E-state index in [4.69, 9.17) is 57.3 Å². The highest BCUT2D eigenvalue weighted by Gasteiger charge is 2.38. The summed E-state index contributed by atoms with van der Waals surface area (Å²) in [6.07, 6.45) is -2.85. The maximum Gasteiger partial charge on any atom is 0.333 e. The fraction of sp³-hybridized carbons (Fsp3) is 0.688. The van der Waals surface area contributed by atoms with Gasteiger partial charge in [0.05, 0.1) is 69.6 Å². The van der Waals surface area contributed by atoms with Crippen LogP contribution in [0.5, 0.6) is 0 Å². The Balaban J connectivity index is 1.29. The van der Waals surface area contributed by atoms with Gasteiger partial charge in [0.2, 0.25) is 4.92 Å². The van der Waals surface area contributed by atoms with Crippen LogP contribution >= 0.6 is 0 Å². The highest BCUT2D eigenvalue weighted by Crippen LogP contribution is 2.22. The molecule has 0 atom stereocenters. The number of hydrogen-bond donors (Lipinski definition) is 0. The number of carbonyl (C=O) groups is 15. The summed E-state index contributed by atoms with van der Waals surface area (Å²) in [4.78, 5) is 211. The first-order valence-corrected chi connectivity index (χ1v) is 25.9. The first-order valence-electron chi connectivity index (χ1n) is 25.9. The smallest absolute Gasteiger partial charge is 0.333 e. The Morgan fingerprint density at radius 2 is 0.568 bits per heavy atom. The molecule has 4 saturated heterocycles. The summed E-state index contributed by atoms with van der Waals surface area (Å²) in [6, 6.07) is 0. The molecule has 0 spiro atoms. The second kappa shape index (κ2) is 35.0. The van der Waals surface area contributed by atoms with Crippen LogP contribution in [0.1, 0.15) is 122 Å². The normalized spacial score (nSPS) is 15.4. The quantitative estimate of drug-likeness (QED) is 0.0235. The van der Waals surface area contributed by atoms with Gasteiger partial charge in [0.1, 0.15) is 26.4 Å². The Kier molecular flexibility index (Phi) is 28.3. The van der Waals surface area contributed by atoms with E-state index in [2.05, 4.69) is 0 Å². The molecule has 4 aliphatic heterocycles. The fourth-order valence-electron chi connectivity index (χ4n) is 7.23. The minimum absolute atomic E-state index is 0.0156. The Morgan fingerprint density at radius 1 is 0.333 bits per heavy atom. The molecule has 33 heteroatoms. The molecule has 0 aromatic carbocycles. The molecule has 4 rings (SSSR count). The number of esters is 4. The van der Waals surface area contributed by atoms with E-state index in [1.165, 1.54) is 0 Å². The summed E-state index contributed by atoms with van der Waals surface area (Å²) in [6.45, 7) is -3.40. The van der Waals surface area contributed by atoms with Crippen LogP contribution in [0.2, 0.25) is 0 Å². The van der Waals surface area contributed by atoms with E-state index in [1.54, 1.807) is 0 Å². The molecule has 33 nitrogen and oxygen atoms in total. The van der Waals surface area contributed by atoms with Crippen molar-refractivity contribution in [3.05, 3.63) is 4.91 Å². The molecule has 0 radical (unpaired) electrons. The number of amides is 8. The molecule has 81 heavy (non-hydrogen) atoms. The van der Waals surface area contributed by atoms with Crippen LogP contribution in [-0.4, -0.2) is 200 Å². The Labute approximate surface area is 460 Å². The summed E-state index contributed by atoms with van der Waals surface area (Å²) in [7, 11) is 0. The van der Waals surface area contributed by atoms with Gasteiger partial charge in [-0.15, -0.1) is 15.2 Å². The van der Waals surface area contributed by atoms with Crippen molar-refractivity contribution in [3.63, 3.8) is 0 Å². The SMILES string of the molecule is O=C(CCCC(=O)ON1C(=O)CCC1=O)OCCOCC(COCCOC(=O)CCCC(=O)ON1C(=O)CCC1=O)(COCCOC(=O)CCCC(=O)ON1C(=O)CCC1=O)COCCOC(=O)CCC[N+](=O)ON1C(=O)CCC1=O. The van der Waals surface area contributed by atoms with E-state index in [-0.39, 0.29) is 213 Å². The first-order chi connectivity index (χ1) is 38.7. The number of rotatable bonds is 41. The van der Waals surface area contributed by atoms with Gasteiger partial charge in [-0.2, -0.15) is 0 Å². The first kappa shape index (κ1) is 65.6. The number of hydroxylamine groups is 8. The Bertz CT molecular complexity index is 1960. The topological polar surface area (TPSA) is 400 Å². The van der Waals surface area contributed by atoms with E-state index in [1.807, 2.05) is 0 Å². The molecule has 4 fully saturated rings. The van der Waals surface area contributed by atoms with Crippen LogP contribution in [0.3, 0.4) is 0 Å². The third kappa shape index (κ3) is 24.6. The maximum absolute atomic E-state index is 12.5. The lowest BCUT2D eigenvalue weighted by Crippen LogP contribution is -2.43. The van der Waals surface area contributed by atoms with Gasteiger partial charge >= 0.3 is 41.8 Å². The summed E-state index contributed by atoms with van der Waals surface area (Å²) < 4.78 is 44.3. The predicted molar refractivity (Wildman–Crippen MR) is 253 cm³/mol. The molecule has 0 aromatic rings. The summed E-state index contributed by atoms with van der Waals surface area (Å²) >= 11 is 0. The second-order valence-corrected chi connectivity index (χ2v) is 18.1. The van der Waals surface area contributed by atoms with Crippen LogP contribution in [0, 0.1) is 10.3 Å². The molecule has 0 unspecified atom stereocenters. The largest absolute Gasteiger partial charge is 0.463 e. The van der Waals surface area contributed by atoms with Crippen molar-refractivity contribution >= 4 is 89.0 Å². The molecule has 0 bridgehead atoms. The van der Waals surface area contributed by atoms with Crippen LogP contribution in [0.4, 0.5) is 0 Å². The molecule has 0 N–H and O–H groups in total. The molecule has 448 valence electrons. The zero-order valence-corrected chi connectivity index (χ0v) is 44.3. The van der Waals surface area contributed by atoms with Gasteiger partial charge in [-0.05, 0) is 24.3 Å². The van der Waals surface area contributed by atoms with Gasteiger partial charge in [-0.3, -0.25) is 57.5 Å². The minimum atomic E-state index is -1.27.